The van der Waals surface area contributed by atoms with Crippen LogP contribution in [0.1, 0.15) is 22.9 Å². The van der Waals surface area contributed by atoms with Gasteiger partial charge in [-0.15, -0.1) is 11.3 Å². The van der Waals surface area contributed by atoms with E-state index in [1.807, 2.05) is 49.8 Å². The van der Waals surface area contributed by atoms with Crippen molar-refractivity contribution in [3.63, 3.8) is 0 Å². The third-order valence-electron chi connectivity index (χ3n) is 3.80. The summed E-state index contributed by atoms with van der Waals surface area (Å²) in [5, 5.41) is 5.09. The van der Waals surface area contributed by atoms with Crippen molar-refractivity contribution >= 4 is 17.2 Å². The van der Waals surface area contributed by atoms with Crippen LogP contribution in [0.2, 0.25) is 0 Å². The predicted molar refractivity (Wildman–Crippen MR) is 95.1 cm³/mol. The van der Waals surface area contributed by atoms with Crippen LogP contribution in [-0.2, 0) is 11.2 Å². The first-order valence-corrected chi connectivity index (χ1v) is 8.57. The minimum atomic E-state index is 0.0961. The molecule has 0 aliphatic heterocycles. The molecule has 0 radical (unpaired) electrons. The van der Waals surface area contributed by atoms with E-state index in [1.54, 1.807) is 18.4 Å². The lowest BCUT2D eigenvalue weighted by molar-refractivity contribution is -0.121. The quantitative estimate of drug-likeness (QED) is 0.807. The first-order valence-electron chi connectivity index (χ1n) is 7.69. The van der Waals surface area contributed by atoms with E-state index >= 15 is 0 Å². The number of hydrogen-bond acceptors (Lipinski definition) is 4. The fraction of sp³-hybridized carbons (Fsp3) is 0.389. The number of aryl methyl sites for hydroxylation is 1. The van der Waals surface area contributed by atoms with E-state index < -0.39 is 0 Å². The molecule has 4 nitrogen and oxygen atoms in total. The highest BCUT2D eigenvalue weighted by molar-refractivity contribution is 7.09. The van der Waals surface area contributed by atoms with E-state index in [2.05, 4.69) is 16.3 Å². The summed E-state index contributed by atoms with van der Waals surface area (Å²) in [5.41, 5.74) is 1.16. The molecule has 124 valence electrons. The van der Waals surface area contributed by atoms with E-state index in [0.29, 0.717) is 13.0 Å². The molecule has 0 aliphatic rings. The number of likely N-dealkylation sites (N-methyl/N-ethyl adjacent to an activating group) is 1. The molecule has 0 saturated carbocycles. The van der Waals surface area contributed by atoms with Crippen molar-refractivity contribution in [1.82, 2.24) is 10.2 Å². The molecule has 1 atom stereocenters. The number of hydrogen-bond donors (Lipinski definition) is 1. The highest BCUT2D eigenvalue weighted by Crippen LogP contribution is 2.20. The van der Waals surface area contributed by atoms with Gasteiger partial charge in [0.15, 0.2) is 0 Å². The third kappa shape index (κ3) is 5.37. The van der Waals surface area contributed by atoms with Gasteiger partial charge in [-0.1, -0.05) is 18.2 Å². The second-order valence-corrected chi connectivity index (χ2v) is 6.67. The minimum Gasteiger partial charge on any atom is -0.497 e. The summed E-state index contributed by atoms with van der Waals surface area (Å²) in [6, 6.07) is 12.2. The van der Waals surface area contributed by atoms with Gasteiger partial charge in [0.25, 0.3) is 0 Å². The lowest BCUT2D eigenvalue weighted by Gasteiger charge is -2.25. The van der Waals surface area contributed by atoms with Crippen molar-refractivity contribution in [3.8, 4) is 5.75 Å². The Morgan fingerprint density at radius 1 is 1.26 bits per heavy atom. The van der Waals surface area contributed by atoms with Crippen molar-refractivity contribution in [2.45, 2.75) is 18.9 Å². The van der Waals surface area contributed by atoms with Crippen molar-refractivity contribution in [2.24, 2.45) is 0 Å². The van der Waals surface area contributed by atoms with Crippen LogP contribution >= 0.6 is 11.3 Å². The summed E-state index contributed by atoms with van der Waals surface area (Å²) in [7, 11) is 5.70. The SMILES string of the molecule is COc1ccc([C@@H](CNC(=O)CCc2cccs2)N(C)C)cc1. The van der Waals surface area contributed by atoms with Gasteiger partial charge in [-0.3, -0.25) is 4.79 Å². The molecule has 0 spiro atoms. The third-order valence-corrected chi connectivity index (χ3v) is 4.73. The first-order chi connectivity index (χ1) is 11.1. The van der Waals surface area contributed by atoms with Crippen LogP contribution in [0.5, 0.6) is 5.75 Å². The number of thiophene rings is 1. The topological polar surface area (TPSA) is 41.6 Å². The predicted octanol–water partition coefficient (Wildman–Crippen LogP) is 3.11. The molecular formula is C18H24N2O2S. The molecule has 2 aromatic rings. The maximum absolute atomic E-state index is 12.1. The summed E-state index contributed by atoms with van der Waals surface area (Å²) in [6.45, 7) is 0.600. The number of methoxy groups -OCH3 is 1. The molecule has 1 amide bonds. The number of nitrogens with one attached hydrogen (secondary N) is 1. The standard InChI is InChI=1S/C18H24N2O2S/c1-20(2)17(14-6-8-15(22-3)9-7-14)13-19-18(21)11-10-16-5-4-12-23-16/h4-9,12,17H,10-11,13H2,1-3H3,(H,19,21)/t17-/m1/s1. The van der Waals surface area contributed by atoms with Crippen LogP contribution in [0, 0.1) is 0 Å². The Labute approximate surface area is 142 Å². The number of amides is 1. The summed E-state index contributed by atoms with van der Waals surface area (Å²) in [6.07, 6.45) is 1.34. The molecule has 0 aliphatic carbocycles. The fourth-order valence-corrected chi connectivity index (χ4v) is 3.12. The molecule has 0 fully saturated rings. The number of ether oxygens (including phenoxy) is 1. The summed E-state index contributed by atoms with van der Waals surface area (Å²) in [4.78, 5) is 15.4. The minimum absolute atomic E-state index is 0.0961. The number of benzene rings is 1. The molecule has 1 aromatic carbocycles. The number of carbonyl (C=O) groups excluding carboxylic acids is 1. The number of nitrogens with zero attached hydrogens (tertiary/aromatic N) is 1. The zero-order valence-electron chi connectivity index (χ0n) is 13.9. The molecule has 1 heterocycles. The first kappa shape index (κ1) is 17.5. The van der Waals surface area contributed by atoms with Crippen LogP contribution in [0.3, 0.4) is 0 Å². The molecule has 5 heteroatoms. The zero-order valence-corrected chi connectivity index (χ0v) is 14.7. The van der Waals surface area contributed by atoms with Crippen molar-refractivity contribution in [1.29, 1.82) is 0 Å². The molecule has 0 saturated heterocycles. The van der Waals surface area contributed by atoms with Gasteiger partial charge in [0.05, 0.1) is 13.2 Å². The Morgan fingerprint density at radius 2 is 2.00 bits per heavy atom. The maximum Gasteiger partial charge on any atom is 0.220 e. The van der Waals surface area contributed by atoms with Crippen LogP contribution in [0.15, 0.2) is 41.8 Å². The summed E-state index contributed by atoms with van der Waals surface area (Å²) < 4.78 is 5.19. The highest BCUT2D eigenvalue weighted by Gasteiger charge is 2.15. The second kappa shape index (κ2) is 8.70. The van der Waals surface area contributed by atoms with Crippen molar-refractivity contribution in [2.75, 3.05) is 27.7 Å². The van der Waals surface area contributed by atoms with Crippen molar-refractivity contribution in [3.05, 3.63) is 52.2 Å². The number of rotatable bonds is 8. The Bertz CT molecular complexity index is 594. The van der Waals surface area contributed by atoms with E-state index in [9.17, 15) is 4.79 Å². The van der Waals surface area contributed by atoms with Crippen LogP contribution < -0.4 is 10.1 Å². The molecule has 0 bridgehead atoms. The van der Waals surface area contributed by atoms with Crippen LogP contribution in [-0.4, -0.2) is 38.6 Å². The van der Waals surface area contributed by atoms with Gasteiger partial charge in [0, 0.05) is 17.8 Å². The normalized spacial score (nSPS) is 12.2. The van der Waals surface area contributed by atoms with Gasteiger partial charge < -0.3 is 15.0 Å². The maximum atomic E-state index is 12.1. The van der Waals surface area contributed by atoms with E-state index in [1.165, 1.54) is 4.88 Å². The Balaban J connectivity index is 1.87. The van der Waals surface area contributed by atoms with Crippen LogP contribution in [0.25, 0.3) is 0 Å². The lowest BCUT2D eigenvalue weighted by Crippen LogP contribution is -2.34. The Hall–Kier alpha value is -1.85. The summed E-state index contributed by atoms with van der Waals surface area (Å²) >= 11 is 1.69. The van der Waals surface area contributed by atoms with Crippen molar-refractivity contribution < 1.29 is 9.53 Å². The van der Waals surface area contributed by atoms with E-state index in [0.717, 1.165) is 17.7 Å². The van der Waals surface area contributed by atoms with Gasteiger partial charge >= 0.3 is 0 Å². The summed E-state index contributed by atoms with van der Waals surface area (Å²) in [5.74, 6) is 0.935. The van der Waals surface area contributed by atoms with Gasteiger partial charge in [-0.05, 0) is 49.7 Å². The largest absolute Gasteiger partial charge is 0.497 e. The monoisotopic (exact) mass is 332 g/mol. The lowest BCUT2D eigenvalue weighted by atomic mass is 10.1. The van der Waals surface area contributed by atoms with Gasteiger partial charge in [-0.2, -0.15) is 0 Å². The fourth-order valence-electron chi connectivity index (χ4n) is 2.42. The Kier molecular flexibility index (Phi) is 6.62. The average Bonchev–Trinajstić information content (AvgIpc) is 3.07. The smallest absolute Gasteiger partial charge is 0.220 e. The highest BCUT2D eigenvalue weighted by atomic mass is 32.1. The van der Waals surface area contributed by atoms with Gasteiger partial charge in [0.1, 0.15) is 5.75 Å². The average molecular weight is 332 g/mol. The molecule has 0 unspecified atom stereocenters. The Morgan fingerprint density at radius 3 is 2.57 bits per heavy atom. The zero-order chi connectivity index (χ0) is 16.7. The molecule has 23 heavy (non-hydrogen) atoms. The molecular weight excluding hydrogens is 308 g/mol. The van der Waals surface area contributed by atoms with E-state index in [4.69, 9.17) is 4.74 Å². The molecule has 1 N–H and O–H groups in total. The van der Waals surface area contributed by atoms with Gasteiger partial charge in [-0.25, -0.2) is 0 Å². The number of carbonyl (C=O) groups is 1. The van der Waals surface area contributed by atoms with E-state index in [-0.39, 0.29) is 11.9 Å². The molecule has 1 aromatic heterocycles. The second-order valence-electron chi connectivity index (χ2n) is 5.64. The molecule has 2 rings (SSSR count). The van der Waals surface area contributed by atoms with Gasteiger partial charge in [0.2, 0.25) is 5.91 Å². The van der Waals surface area contributed by atoms with Crippen LogP contribution in [0.4, 0.5) is 0 Å².